The highest BCUT2D eigenvalue weighted by Crippen LogP contribution is 2.28. The van der Waals surface area contributed by atoms with Crippen molar-refractivity contribution in [1.82, 2.24) is 0 Å². The van der Waals surface area contributed by atoms with Crippen molar-refractivity contribution in [3.63, 3.8) is 0 Å². The Morgan fingerprint density at radius 1 is 1.10 bits per heavy atom. The van der Waals surface area contributed by atoms with E-state index in [-0.39, 0.29) is 10.8 Å². The average Bonchev–Trinajstić information content (AvgIpc) is 2.68. The SMILES string of the molecule is NC(=S)c1c(F)cccc1N1CCCc2ccccc2C1. The molecule has 21 heavy (non-hydrogen) atoms. The number of aryl methyl sites for hydroxylation is 1. The standard InChI is InChI=1S/C17H17FN2S/c18-14-8-3-9-15(16(14)17(19)21)20-10-4-7-12-5-1-2-6-13(12)11-20/h1-3,5-6,8-9H,4,7,10-11H2,(H2,19,21). The third-order valence-electron chi connectivity index (χ3n) is 3.93. The topological polar surface area (TPSA) is 29.3 Å². The number of hydrogen-bond donors (Lipinski definition) is 1. The van der Waals surface area contributed by atoms with E-state index in [0.29, 0.717) is 5.56 Å². The molecular weight excluding hydrogens is 283 g/mol. The van der Waals surface area contributed by atoms with Gasteiger partial charge in [0.15, 0.2) is 0 Å². The fraction of sp³-hybridized carbons (Fsp3) is 0.235. The highest BCUT2D eigenvalue weighted by Gasteiger charge is 2.19. The number of anilines is 1. The van der Waals surface area contributed by atoms with Crippen molar-refractivity contribution in [2.24, 2.45) is 5.73 Å². The van der Waals surface area contributed by atoms with Gasteiger partial charge < -0.3 is 10.6 Å². The molecule has 0 saturated heterocycles. The largest absolute Gasteiger partial charge is 0.389 e. The van der Waals surface area contributed by atoms with Crippen molar-refractivity contribution < 1.29 is 4.39 Å². The van der Waals surface area contributed by atoms with Crippen molar-refractivity contribution in [3.8, 4) is 0 Å². The summed E-state index contributed by atoms with van der Waals surface area (Å²) in [5.41, 5.74) is 9.52. The molecule has 0 spiro atoms. The van der Waals surface area contributed by atoms with Crippen LogP contribution in [0.4, 0.5) is 10.1 Å². The second-order valence-corrected chi connectivity index (χ2v) is 5.73. The first-order valence-corrected chi connectivity index (χ1v) is 7.47. The second-order valence-electron chi connectivity index (χ2n) is 5.29. The van der Waals surface area contributed by atoms with E-state index in [1.54, 1.807) is 6.07 Å². The fourth-order valence-electron chi connectivity index (χ4n) is 2.93. The van der Waals surface area contributed by atoms with Crippen LogP contribution >= 0.6 is 12.2 Å². The summed E-state index contributed by atoms with van der Waals surface area (Å²) in [6.45, 7) is 1.63. The van der Waals surface area contributed by atoms with E-state index in [9.17, 15) is 4.39 Å². The summed E-state index contributed by atoms with van der Waals surface area (Å²) in [6.07, 6.45) is 2.08. The molecule has 4 heteroatoms. The summed E-state index contributed by atoms with van der Waals surface area (Å²) < 4.78 is 14.1. The Bertz CT molecular complexity index is 684. The first-order chi connectivity index (χ1) is 10.2. The van der Waals surface area contributed by atoms with Crippen molar-refractivity contribution >= 4 is 22.9 Å². The zero-order chi connectivity index (χ0) is 14.8. The predicted molar refractivity (Wildman–Crippen MR) is 88.1 cm³/mol. The number of hydrogen-bond acceptors (Lipinski definition) is 2. The van der Waals surface area contributed by atoms with Crippen LogP contribution in [0.25, 0.3) is 0 Å². The summed E-state index contributed by atoms with van der Waals surface area (Å²) >= 11 is 5.03. The summed E-state index contributed by atoms with van der Waals surface area (Å²) in [7, 11) is 0. The lowest BCUT2D eigenvalue weighted by Gasteiger charge is -2.25. The molecule has 1 aliphatic rings. The lowest BCUT2D eigenvalue weighted by molar-refractivity contribution is 0.623. The Kier molecular flexibility index (Phi) is 3.88. The van der Waals surface area contributed by atoms with Gasteiger partial charge in [0, 0.05) is 13.1 Å². The van der Waals surface area contributed by atoms with Crippen molar-refractivity contribution in [2.45, 2.75) is 19.4 Å². The van der Waals surface area contributed by atoms with Gasteiger partial charge >= 0.3 is 0 Å². The molecule has 0 atom stereocenters. The molecule has 108 valence electrons. The van der Waals surface area contributed by atoms with Crippen molar-refractivity contribution in [1.29, 1.82) is 0 Å². The number of halogens is 1. The molecule has 0 aromatic heterocycles. The van der Waals surface area contributed by atoms with Gasteiger partial charge in [-0.1, -0.05) is 42.5 Å². The lowest BCUT2D eigenvalue weighted by atomic mass is 10.0. The summed E-state index contributed by atoms with van der Waals surface area (Å²) in [5, 5.41) is 0. The molecule has 0 radical (unpaired) electrons. The fourth-order valence-corrected chi connectivity index (χ4v) is 3.13. The molecule has 0 saturated carbocycles. The maximum atomic E-state index is 14.1. The second kappa shape index (κ2) is 5.82. The smallest absolute Gasteiger partial charge is 0.135 e. The van der Waals surface area contributed by atoms with E-state index in [0.717, 1.165) is 31.6 Å². The van der Waals surface area contributed by atoms with Crippen molar-refractivity contribution in [3.05, 3.63) is 65.0 Å². The van der Waals surface area contributed by atoms with Gasteiger partial charge in [-0.25, -0.2) is 4.39 Å². The number of thiocarbonyl (C=S) groups is 1. The monoisotopic (exact) mass is 300 g/mol. The van der Waals surface area contributed by atoms with E-state index in [4.69, 9.17) is 18.0 Å². The van der Waals surface area contributed by atoms with E-state index >= 15 is 0 Å². The van der Waals surface area contributed by atoms with Gasteiger partial charge in [0.25, 0.3) is 0 Å². The van der Waals surface area contributed by atoms with Crippen LogP contribution in [-0.2, 0) is 13.0 Å². The summed E-state index contributed by atoms with van der Waals surface area (Å²) in [5.74, 6) is -0.350. The van der Waals surface area contributed by atoms with Crippen LogP contribution < -0.4 is 10.6 Å². The number of nitrogens with zero attached hydrogens (tertiary/aromatic N) is 1. The predicted octanol–water partition coefficient (Wildman–Crippen LogP) is 3.41. The van der Waals surface area contributed by atoms with E-state index in [2.05, 4.69) is 23.1 Å². The third kappa shape index (κ3) is 2.76. The zero-order valence-corrected chi connectivity index (χ0v) is 12.5. The van der Waals surface area contributed by atoms with Crippen LogP contribution in [0.1, 0.15) is 23.1 Å². The Hall–Kier alpha value is -1.94. The summed E-state index contributed by atoms with van der Waals surface area (Å²) in [6, 6.07) is 13.4. The molecule has 2 aromatic carbocycles. The van der Waals surface area contributed by atoms with Crippen LogP contribution in [0.3, 0.4) is 0 Å². The lowest BCUT2D eigenvalue weighted by Crippen LogP contribution is -2.26. The van der Waals surface area contributed by atoms with Crippen LogP contribution in [0.5, 0.6) is 0 Å². The molecule has 2 nitrogen and oxygen atoms in total. The molecule has 1 aliphatic heterocycles. The molecule has 0 bridgehead atoms. The molecule has 2 N–H and O–H groups in total. The Morgan fingerprint density at radius 3 is 2.62 bits per heavy atom. The molecule has 2 aromatic rings. The Morgan fingerprint density at radius 2 is 1.86 bits per heavy atom. The third-order valence-corrected chi connectivity index (χ3v) is 4.14. The van der Waals surface area contributed by atoms with Crippen LogP contribution in [-0.4, -0.2) is 11.5 Å². The maximum Gasteiger partial charge on any atom is 0.135 e. The number of benzene rings is 2. The van der Waals surface area contributed by atoms with Crippen LogP contribution in [0.2, 0.25) is 0 Å². The molecular formula is C17H17FN2S. The van der Waals surface area contributed by atoms with Gasteiger partial charge in [-0.3, -0.25) is 0 Å². The Balaban J connectivity index is 2.02. The van der Waals surface area contributed by atoms with Crippen LogP contribution in [0.15, 0.2) is 42.5 Å². The van der Waals surface area contributed by atoms with Crippen molar-refractivity contribution in [2.75, 3.05) is 11.4 Å². The van der Waals surface area contributed by atoms with Crippen LogP contribution in [0, 0.1) is 5.82 Å². The van der Waals surface area contributed by atoms with E-state index in [1.165, 1.54) is 17.2 Å². The van der Waals surface area contributed by atoms with E-state index in [1.807, 2.05) is 12.1 Å². The molecule has 1 heterocycles. The van der Waals surface area contributed by atoms with Gasteiger partial charge in [0.05, 0.1) is 11.3 Å². The molecule has 0 amide bonds. The first-order valence-electron chi connectivity index (χ1n) is 7.07. The molecule has 0 fully saturated rings. The molecule has 0 unspecified atom stereocenters. The Labute approximate surface area is 129 Å². The zero-order valence-electron chi connectivity index (χ0n) is 11.7. The minimum absolute atomic E-state index is 0.112. The van der Waals surface area contributed by atoms with Gasteiger partial charge in [0.1, 0.15) is 10.8 Å². The summed E-state index contributed by atoms with van der Waals surface area (Å²) in [4.78, 5) is 2.28. The van der Waals surface area contributed by atoms with Gasteiger partial charge in [-0.15, -0.1) is 0 Å². The average molecular weight is 300 g/mol. The maximum absolute atomic E-state index is 14.1. The molecule has 0 aliphatic carbocycles. The number of rotatable bonds is 2. The van der Waals surface area contributed by atoms with Gasteiger partial charge in [-0.2, -0.15) is 0 Å². The van der Waals surface area contributed by atoms with Gasteiger partial charge in [-0.05, 0) is 36.1 Å². The minimum atomic E-state index is -0.350. The quantitative estimate of drug-likeness (QED) is 0.862. The number of nitrogens with two attached hydrogens (primary N) is 1. The van der Waals surface area contributed by atoms with Gasteiger partial charge in [0.2, 0.25) is 0 Å². The molecule has 3 rings (SSSR count). The first kappa shape index (κ1) is 14.0. The normalized spacial score (nSPS) is 14.4. The highest BCUT2D eigenvalue weighted by atomic mass is 32.1. The van der Waals surface area contributed by atoms with E-state index < -0.39 is 0 Å². The minimum Gasteiger partial charge on any atom is -0.389 e. The highest BCUT2D eigenvalue weighted by molar-refractivity contribution is 7.80. The number of fused-ring (bicyclic) bond motifs is 1.